The van der Waals surface area contributed by atoms with Crippen LogP contribution in [0.1, 0.15) is 32.1 Å². The van der Waals surface area contributed by atoms with Crippen molar-refractivity contribution in [1.29, 1.82) is 0 Å². The van der Waals surface area contributed by atoms with Gasteiger partial charge in [0.15, 0.2) is 0 Å². The van der Waals surface area contributed by atoms with Crippen LogP contribution in [-0.4, -0.2) is 38.1 Å². The molecule has 2 heterocycles. The normalized spacial score (nSPS) is 32.2. The molecule has 0 amide bonds. The van der Waals surface area contributed by atoms with Crippen LogP contribution < -0.4 is 9.47 Å². The fraction of sp³-hybridized carbons (Fsp3) is 0.667. The van der Waals surface area contributed by atoms with Crippen molar-refractivity contribution >= 4 is 0 Å². The van der Waals surface area contributed by atoms with Crippen molar-refractivity contribution < 1.29 is 18.9 Å². The van der Waals surface area contributed by atoms with Gasteiger partial charge in [-0.2, -0.15) is 0 Å². The summed E-state index contributed by atoms with van der Waals surface area (Å²) in [5.74, 6) is 2.48. The van der Waals surface area contributed by atoms with Gasteiger partial charge >= 0.3 is 0 Å². The summed E-state index contributed by atoms with van der Waals surface area (Å²) in [4.78, 5) is 0. The molecule has 0 spiro atoms. The van der Waals surface area contributed by atoms with Crippen LogP contribution in [0.2, 0.25) is 0 Å². The molecule has 1 aliphatic carbocycles. The molecule has 22 heavy (non-hydrogen) atoms. The van der Waals surface area contributed by atoms with Crippen molar-refractivity contribution in [2.24, 2.45) is 5.92 Å². The van der Waals surface area contributed by atoms with Gasteiger partial charge in [-0.3, -0.25) is 0 Å². The van der Waals surface area contributed by atoms with E-state index in [1.54, 1.807) is 0 Å². The second-order valence-corrected chi connectivity index (χ2v) is 6.62. The van der Waals surface area contributed by atoms with E-state index in [0.717, 1.165) is 50.6 Å². The number of hydrogen-bond acceptors (Lipinski definition) is 4. The Hall–Kier alpha value is -1.26. The van der Waals surface area contributed by atoms with Crippen LogP contribution in [0, 0.1) is 5.92 Å². The van der Waals surface area contributed by atoms with Crippen molar-refractivity contribution in [2.45, 2.75) is 50.4 Å². The van der Waals surface area contributed by atoms with E-state index in [1.165, 1.54) is 12.8 Å². The lowest BCUT2D eigenvalue weighted by Gasteiger charge is -2.19. The van der Waals surface area contributed by atoms with Crippen LogP contribution in [0.15, 0.2) is 24.3 Å². The molecule has 4 rings (SSSR count). The van der Waals surface area contributed by atoms with Crippen molar-refractivity contribution in [2.75, 3.05) is 19.8 Å². The maximum Gasteiger partial charge on any atom is 0.119 e. The van der Waals surface area contributed by atoms with E-state index in [2.05, 4.69) is 0 Å². The summed E-state index contributed by atoms with van der Waals surface area (Å²) in [5, 5.41) is 0. The first-order chi connectivity index (χ1) is 10.9. The molecule has 1 aromatic carbocycles. The van der Waals surface area contributed by atoms with Crippen LogP contribution in [-0.2, 0) is 9.47 Å². The number of ether oxygens (including phenoxy) is 4. The predicted molar refractivity (Wildman–Crippen MR) is 82.4 cm³/mol. The van der Waals surface area contributed by atoms with Crippen LogP contribution in [0.25, 0.3) is 0 Å². The summed E-state index contributed by atoms with van der Waals surface area (Å²) in [5.41, 5.74) is 0. The van der Waals surface area contributed by atoms with Gasteiger partial charge in [-0.25, -0.2) is 0 Å². The first-order valence-corrected chi connectivity index (χ1v) is 8.49. The summed E-state index contributed by atoms with van der Waals surface area (Å²) in [7, 11) is 0. The molecule has 4 heteroatoms. The lowest BCUT2D eigenvalue weighted by molar-refractivity contribution is 0.216. The smallest absolute Gasteiger partial charge is 0.119 e. The molecule has 0 radical (unpaired) electrons. The van der Waals surface area contributed by atoms with E-state index < -0.39 is 0 Å². The lowest BCUT2D eigenvalue weighted by Crippen LogP contribution is -2.19. The van der Waals surface area contributed by atoms with Gasteiger partial charge in [-0.15, -0.1) is 0 Å². The highest BCUT2D eigenvalue weighted by atomic mass is 16.6. The first-order valence-electron chi connectivity index (χ1n) is 8.49. The van der Waals surface area contributed by atoms with E-state index in [1.807, 2.05) is 24.3 Å². The topological polar surface area (TPSA) is 43.5 Å². The SMILES string of the molecule is c1cc(OCC2CCC3OC3C2)ccc1OCCCC1CO1. The predicted octanol–water partition coefficient (Wildman–Crippen LogP) is 3.19. The molecule has 2 saturated heterocycles. The molecule has 4 atom stereocenters. The Morgan fingerprint density at radius 3 is 2.50 bits per heavy atom. The maximum absolute atomic E-state index is 5.91. The molecule has 4 unspecified atom stereocenters. The second-order valence-electron chi connectivity index (χ2n) is 6.62. The van der Waals surface area contributed by atoms with Gasteiger partial charge in [0.1, 0.15) is 11.5 Å². The van der Waals surface area contributed by atoms with Gasteiger partial charge in [-0.05, 0) is 62.3 Å². The maximum atomic E-state index is 5.91. The average molecular weight is 304 g/mol. The zero-order valence-corrected chi connectivity index (χ0v) is 12.9. The minimum Gasteiger partial charge on any atom is -0.494 e. The van der Waals surface area contributed by atoms with Gasteiger partial charge in [0.25, 0.3) is 0 Å². The van der Waals surface area contributed by atoms with Crippen LogP contribution in [0.5, 0.6) is 11.5 Å². The molecule has 0 N–H and O–H groups in total. The number of fused-ring (bicyclic) bond motifs is 1. The molecular formula is C18H24O4. The Bertz CT molecular complexity index is 482. The molecule has 2 aliphatic heterocycles. The Labute approximate surface area is 131 Å². The third-order valence-electron chi connectivity index (χ3n) is 4.76. The van der Waals surface area contributed by atoms with Gasteiger partial charge in [0.05, 0.1) is 38.1 Å². The zero-order valence-electron chi connectivity index (χ0n) is 12.9. The third kappa shape index (κ3) is 3.93. The summed E-state index contributed by atoms with van der Waals surface area (Å²) >= 11 is 0. The molecule has 0 aromatic heterocycles. The van der Waals surface area contributed by atoms with E-state index >= 15 is 0 Å². The van der Waals surface area contributed by atoms with E-state index in [0.29, 0.717) is 24.2 Å². The Kier molecular flexibility index (Phi) is 4.22. The van der Waals surface area contributed by atoms with Crippen LogP contribution in [0.3, 0.4) is 0 Å². The average Bonchev–Trinajstić information content (AvgIpc) is 3.45. The second kappa shape index (κ2) is 6.47. The molecule has 3 aliphatic rings. The molecule has 3 fully saturated rings. The van der Waals surface area contributed by atoms with Gasteiger partial charge < -0.3 is 18.9 Å². The summed E-state index contributed by atoms with van der Waals surface area (Å²) in [6, 6.07) is 7.98. The zero-order chi connectivity index (χ0) is 14.8. The highest BCUT2D eigenvalue weighted by Gasteiger charge is 2.43. The van der Waals surface area contributed by atoms with Crippen LogP contribution in [0.4, 0.5) is 0 Å². The lowest BCUT2D eigenvalue weighted by atomic mass is 9.90. The molecule has 120 valence electrons. The first kappa shape index (κ1) is 14.3. The standard InChI is InChI=1S/C18H24O4/c1(2-16-12-21-16)9-19-14-4-6-15(7-5-14)20-11-13-3-8-17-18(10-13)22-17/h4-7,13,16-18H,1-3,8-12H2. The Morgan fingerprint density at radius 2 is 1.77 bits per heavy atom. The van der Waals surface area contributed by atoms with Gasteiger partial charge in [0, 0.05) is 0 Å². The molecule has 1 aromatic rings. The molecule has 0 bridgehead atoms. The van der Waals surface area contributed by atoms with Crippen molar-refractivity contribution in [3.63, 3.8) is 0 Å². The monoisotopic (exact) mass is 304 g/mol. The van der Waals surface area contributed by atoms with Crippen molar-refractivity contribution in [3.05, 3.63) is 24.3 Å². The van der Waals surface area contributed by atoms with E-state index in [-0.39, 0.29) is 0 Å². The highest BCUT2D eigenvalue weighted by molar-refractivity contribution is 5.31. The number of benzene rings is 1. The van der Waals surface area contributed by atoms with E-state index in [4.69, 9.17) is 18.9 Å². The van der Waals surface area contributed by atoms with Crippen molar-refractivity contribution in [1.82, 2.24) is 0 Å². The quantitative estimate of drug-likeness (QED) is 0.546. The summed E-state index contributed by atoms with van der Waals surface area (Å²) in [6.45, 7) is 2.49. The Balaban J connectivity index is 1.16. The largest absolute Gasteiger partial charge is 0.494 e. The molecule has 4 nitrogen and oxygen atoms in total. The number of epoxide rings is 2. The fourth-order valence-corrected chi connectivity index (χ4v) is 3.22. The molecule has 1 saturated carbocycles. The fourth-order valence-electron chi connectivity index (χ4n) is 3.22. The number of rotatable bonds is 8. The number of hydrogen-bond donors (Lipinski definition) is 0. The van der Waals surface area contributed by atoms with Gasteiger partial charge in [-0.1, -0.05) is 0 Å². The minimum absolute atomic E-state index is 0.496. The summed E-state index contributed by atoms with van der Waals surface area (Å²) in [6.07, 6.45) is 7.35. The van der Waals surface area contributed by atoms with Crippen LogP contribution >= 0.6 is 0 Å². The van der Waals surface area contributed by atoms with Gasteiger partial charge in [0.2, 0.25) is 0 Å². The third-order valence-corrected chi connectivity index (χ3v) is 4.76. The van der Waals surface area contributed by atoms with Crippen molar-refractivity contribution in [3.8, 4) is 11.5 Å². The Morgan fingerprint density at radius 1 is 1.00 bits per heavy atom. The molecular weight excluding hydrogens is 280 g/mol. The summed E-state index contributed by atoms with van der Waals surface area (Å²) < 4.78 is 22.4. The van der Waals surface area contributed by atoms with E-state index in [9.17, 15) is 0 Å². The highest BCUT2D eigenvalue weighted by Crippen LogP contribution is 2.39. The minimum atomic E-state index is 0.496.